The molecule has 1 N–H and O–H groups in total. The highest BCUT2D eigenvalue weighted by Gasteiger charge is 2.35. The van der Waals surface area contributed by atoms with Gasteiger partial charge in [0.15, 0.2) is 0 Å². The van der Waals surface area contributed by atoms with Crippen LogP contribution in [0.25, 0.3) is 11.3 Å². The number of benzene rings is 2. The molecule has 1 aliphatic rings. The Balaban J connectivity index is 1.76. The number of carbonyl (C=O) groups excluding carboxylic acids is 1. The number of halogens is 1. The number of rotatable bonds is 7. The SMILES string of the molecule is CCc1nc(-c2ccc(Cl)cc2OC)c(CC)nc1N[C@@H]1c2ccccc2C[C@@H]1OC(C)=O. The molecule has 0 bridgehead atoms. The number of fused-ring (bicyclic) bond motifs is 1. The van der Waals surface area contributed by atoms with Crippen LogP contribution in [0.3, 0.4) is 0 Å². The molecular weight excluding hydrogens is 438 g/mol. The van der Waals surface area contributed by atoms with E-state index in [1.54, 1.807) is 13.2 Å². The number of esters is 1. The van der Waals surface area contributed by atoms with E-state index < -0.39 is 0 Å². The molecule has 1 aromatic heterocycles. The molecule has 2 aromatic carbocycles. The monoisotopic (exact) mass is 465 g/mol. The maximum Gasteiger partial charge on any atom is 0.302 e. The molecule has 0 amide bonds. The number of methoxy groups -OCH3 is 1. The normalized spacial score (nSPS) is 16.9. The Labute approximate surface area is 199 Å². The maximum atomic E-state index is 11.8. The summed E-state index contributed by atoms with van der Waals surface area (Å²) in [5.41, 5.74) is 5.63. The molecule has 0 radical (unpaired) electrons. The van der Waals surface area contributed by atoms with Crippen LogP contribution in [0.15, 0.2) is 42.5 Å². The fraction of sp³-hybridized carbons (Fsp3) is 0.346. The van der Waals surface area contributed by atoms with Gasteiger partial charge in [-0.25, -0.2) is 9.97 Å². The predicted molar refractivity (Wildman–Crippen MR) is 130 cm³/mol. The summed E-state index contributed by atoms with van der Waals surface area (Å²) in [6.07, 6.45) is 1.76. The van der Waals surface area contributed by atoms with E-state index in [1.165, 1.54) is 12.5 Å². The molecule has 0 aliphatic heterocycles. The van der Waals surface area contributed by atoms with Crippen LogP contribution in [0.1, 0.15) is 49.3 Å². The maximum absolute atomic E-state index is 11.8. The molecule has 0 saturated heterocycles. The minimum Gasteiger partial charge on any atom is -0.496 e. The van der Waals surface area contributed by atoms with Gasteiger partial charge in [-0.1, -0.05) is 49.7 Å². The molecule has 2 atom stereocenters. The van der Waals surface area contributed by atoms with Gasteiger partial charge in [0.05, 0.1) is 30.2 Å². The van der Waals surface area contributed by atoms with Gasteiger partial charge in [-0.05, 0) is 42.2 Å². The highest BCUT2D eigenvalue weighted by atomic mass is 35.5. The fourth-order valence-electron chi connectivity index (χ4n) is 4.39. The molecular formula is C26H28ClN3O3. The van der Waals surface area contributed by atoms with E-state index >= 15 is 0 Å². The van der Waals surface area contributed by atoms with Crippen molar-refractivity contribution in [2.45, 2.75) is 52.2 Å². The minimum absolute atomic E-state index is 0.190. The third kappa shape index (κ3) is 4.67. The number of aromatic nitrogens is 2. The zero-order valence-corrected chi connectivity index (χ0v) is 20.1. The van der Waals surface area contributed by atoms with Gasteiger partial charge in [0.2, 0.25) is 0 Å². The van der Waals surface area contributed by atoms with Crippen molar-refractivity contribution >= 4 is 23.4 Å². The van der Waals surface area contributed by atoms with Crippen LogP contribution in [0.4, 0.5) is 5.82 Å². The predicted octanol–water partition coefficient (Wildman–Crippen LogP) is 5.57. The molecule has 0 fully saturated rings. The van der Waals surface area contributed by atoms with Crippen LogP contribution in [0.2, 0.25) is 5.02 Å². The number of hydrogen-bond donors (Lipinski definition) is 1. The van der Waals surface area contributed by atoms with Crippen LogP contribution >= 0.6 is 11.6 Å². The van der Waals surface area contributed by atoms with E-state index in [1.807, 2.05) is 24.3 Å². The van der Waals surface area contributed by atoms with Gasteiger partial charge in [0.1, 0.15) is 17.7 Å². The first-order valence-electron chi connectivity index (χ1n) is 11.2. The zero-order chi connectivity index (χ0) is 23.5. The Bertz CT molecular complexity index is 1180. The lowest BCUT2D eigenvalue weighted by Gasteiger charge is -2.24. The summed E-state index contributed by atoms with van der Waals surface area (Å²) >= 11 is 6.16. The summed E-state index contributed by atoms with van der Waals surface area (Å²) in [5, 5.41) is 4.16. The average molecular weight is 466 g/mol. The second-order valence-corrected chi connectivity index (χ2v) is 8.48. The van der Waals surface area contributed by atoms with Gasteiger partial charge in [-0.2, -0.15) is 0 Å². The van der Waals surface area contributed by atoms with E-state index in [2.05, 4.69) is 31.3 Å². The molecule has 33 heavy (non-hydrogen) atoms. The Hall–Kier alpha value is -3.12. The summed E-state index contributed by atoms with van der Waals surface area (Å²) in [7, 11) is 1.62. The fourth-order valence-corrected chi connectivity index (χ4v) is 4.55. The molecule has 0 unspecified atom stereocenters. The van der Waals surface area contributed by atoms with Crippen molar-refractivity contribution in [1.82, 2.24) is 9.97 Å². The van der Waals surface area contributed by atoms with E-state index in [9.17, 15) is 4.79 Å². The Kier molecular flexibility index (Phi) is 6.84. The smallest absolute Gasteiger partial charge is 0.302 e. The molecule has 172 valence electrons. The van der Waals surface area contributed by atoms with Gasteiger partial charge in [0.25, 0.3) is 0 Å². The van der Waals surface area contributed by atoms with Crippen LogP contribution in [-0.4, -0.2) is 29.2 Å². The first kappa shape index (κ1) is 23.1. The standard InChI is InChI=1S/C26H28ClN3O3/c1-5-20-24(19-12-11-17(27)14-22(19)32-4)28-21(6-2)26(29-20)30-25-18-10-8-7-9-16(18)13-23(25)33-15(3)31/h7-12,14,23,25H,5-6,13H2,1-4H3,(H,29,30)/t23-,25+/m0/s1. The Morgan fingerprint density at radius 3 is 2.58 bits per heavy atom. The number of aryl methyl sites for hydroxylation is 2. The van der Waals surface area contributed by atoms with Gasteiger partial charge < -0.3 is 14.8 Å². The third-order valence-corrected chi connectivity index (χ3v) is 6.16. The molecule has 1 aliphatic carbocycles. The van der Waals surface area contributed by atoms with E-state index in [-0.39, 0.29) is 18.1 Å². The number of nitrogens with zero attached hydrogens (tertiary/aromatic N) is 2. The van der Waals surface area contributed by atoms with E-state index in [0.717, 1.165) is 28.2 Å². The number of nitrogens with one attached hydrogen (secondary N) is 1. The van der Waals surface area contributed by atoms with Gasteiger partial charge in [0, 0.05) is 23.9 Å². The van der Waals surface area contributed by atoms with Crippen LogP contribution in [0.5, 0.6) is 5.75 Å². The molecule has 3 aromatic rings. The Morgan fingerprint density at radius 1 is 1.12 bits per heavy atom. The lowest BCUT2D eigenvalue weighted by molar-refractivity contribution is -0.146. The lowest BCUT2D eigenvalue weighted by atomic mass is 10.1. The van der Waals surface area contributed by atoms with Crippen LogP contribution in [0, 0.1) is 0 Å². The second-order valence-electron chi connectivity index (χ2n) is 8.04. The minimum atomic E-state index is -0.299. The number of carbonyl (C=O) groups is 1. The summed E-state index contributed by atoms with van der Waals surface area (Å²) in [6, 6.07) is 13.5. The third-order valence-electron chi connectivity index (χ3n) is 5.92. The van der Waals surface area contributed by atoms with Crippen molar-refractivity contribution in [1.29, 1.82) is 0 Å². The Morgan fingerprint density at radius 2 is 1.88 bits per heavy atom. The highest BCUT2D eigenvalue weighted by molar-refractivity contribution is 6.30. The summed E-state index contributed by atoms with van der Waals surface area (Å²) in [4.78, 5) is 21.7. The quantitative estimate of drug-likeness (QED) is 0.460. The molecule has 7 heteroatoms. The van der Waals surface area contributed by atoms with Crippen LogP contribution in [-0.2, 0) is 28.8 Å². The lowest BCUT2D eigenvalue weighted by Crippen LogP contribution is -2.27. The van der Waals surface area contributed by atoms with Crippen molar-refractivity contribution in [2.24, 2.45) is 0 Å². The number of anilines is 1. The number of hydrogen-bond acceptors (Lipinski definition) is 6. The molecule has 4 rings (SSSR count). The first-order valence-corrected chi connectivity index (χ1v) is 11.6. The largest absolute Gasteiger partial charge is 0.496 e. The first-order chi connectivity index (χ1) is 15.9. The van der Waals surface area contributed by atoms with Crippen molar-refractivity contribution in [3.8, 4) is 17.0 Å². The van der Waals surface area contributed by atoms with E-state index in [0.29, 0.717) is 35.9 Å². The van der Waals surface area contributed by atoms with Gasteiger partial charge >= 0.3 is 5.97 Å². The molecule has 6 nitrogen and oxygen atoms in total. The summed E-state index contributed by atoms with van der Waals surface area (Å²) < 4.78 is 11.2. The molecule has 0 saturated carbocycles. The van der Waals surface area contributed by atoms with Crippen molar-refractivity contribution in [3.05, 3.63) is 70.0 Å². The average Bonchev–Trinajstić information content (AvgIpc) is 3.15. The molecule has 1 heterocycles. The summed E-state index contributed by atoms with van der Waals surface area (Å²) in [6.45, 7) is 5.55. The second kappa shape index (κ2) is 9.79. The topological polar surface area (TPSA) is 73.3 Å². The van der Waals surface area contributed by atoms with Gasteiger partial charge in [-0.3, -0.25) is 4.79 Å². The molecule has 0 spiro atoms. The van der Waals surface area contributed by atoms with Crippen LogP contribution < -0.4 is 10.1 Å². The van der Waals surface area contributed by atoms with Crippen molar-refractivity contribution in [3.63, 3.8) is 0 Å². The number of ether oxygens (including phenoxy) is 2. The van der Waals surface area contributed by atoms with E-state index in [4.69, 9.17) is 31.0 Å². The summed E-state index contributed by atoms with van der Waals surface area (Å²) in [5.74, 6) is 1.08. The highest BCUT2D eigenvalue weighted by Crippen LogP contribution is 2.38. The van der Waals surface area contributed by atoms with Crippen molar-refractivity contribution in [2.75, 3.05) is 12.4 Å². The van der Waals surface area contributed by atoms with Crippen molar-refractivity contribution < 1.29 is 14.3 Å². The van der Waals surface area contributed by atoms with Gasteiger partial charge in [-0.15, -0.1) is 0 Å². The zero-order valence-electron chi connectivity index (χ0n) is 19.3.